The van der Waals surface area contributed by atoms with E-state index in [0.717, 1.165) is 84.3 Å². The minimum absolute atomic E-state index is 0.660. The molecule has 0 unspecified atom stereocenters. The molecule has 47 heavy (non-hydrogen) atoms. The topological polar surface area (TPSA) is 48.0 Å². The van der Waals surface area contributed by atoms with E-state index in [1.807, 2.05) is 12.1 Å². The van der Waals surface area contributed by atoms with Gasteiger partial charge >= 0.3 is 0 Å². The molecular formula is C41H27N5S. The van der Waals surface area contributed by atoms with Crippen LogP contribution in [0.2, 0.25) is 0 Å². The summed E-state index contributed by atoms with van der Waals surface area (Å²) < 4.78 is 5.88. The van der Waals surface area contributed by atoms with Crippen LogP contribution in [0, 0.1) is 0 Å². The molecule has 0 radical (unpaired) electrons. The van der Waals surface area contributed by atoms with Crippen LogP contribution in [-0.2, 0) is 0 Å². The Kier molecular flexibility index (Phi) is 5.80. The van der Waals surface area contributed by atoms with Crippen LogP contribution in [-0.4, -0.2) is 23.9 Å². The van der Waals surface area contributed by atoms with Crippen molar-refractivity contribution in [2.45, 2.75) is 12.8 Å². The molecule has 0 spiro atoms. The Morgan fingerprint density at radius 1 is 0.532 bits per heavy atom. The Bertz CT molecular complexity index is 2790. The molecular weight excluding hydrogens is 595 g/mol. The second kappa shape index (κ2) is 10.3. The van der Waals surface area contributed by atoms with Gasteiger partial charge in [0.1, 0.15) is 0 Å². The molecule has 10 rings (SSSR count). The first-order chi connectivity index (χ1) is 23.3. The molecule has 0 aliphatic heterocycles. The number of nitrogens with zero attached hydrogens (tertiary/aromatic N) is 5. The van der Waals surface area contributed by atoms with Gasteiger partial charge in [-0.3, -0.25) is 8.97 Å². The van der Waals surface area contributed by atoms with Crippen molar-refractivity contribution in [3.63, 3.8) is 0 Å². The predicted octanol–water partition coefficient (Wildman–Crippen LogP) is 8.79. The number of rotatable bonds is 4. The zero-order valence-corrected chi connectivity index (χ0v) is 26.2. The largest absolute Gasteiger partial charge is 0.283 e. The summed E-state index contributed by atoms with van der Waals surface area (Å²) in [6, 6.07) is 44.6. The van der Waals surface area contributed by atoms with Gasteiger partial charge in [0.05, 0.1) is 43.5 Å². The van der Waals surface area contributed by atoms with E-state index in [4.69, 9.17) is 15.0 Å². The van der Waals surface area contributed by atoms with Crippen molar-refractivity contribution in [2.24, 2.45) is 0 Å². The van der Waals surface area contributed by atoms with Crippen LogP contribution >= 0.6 is 11.3 Å². The van der Waals surface area contributed by atoms with Crippen LogP contribution < -0.4 is 9.88 Å². The Morgan fingerprint density at radius 2 is 1.23 bits per heavy atom. The van der Waals surface area contributed by atoms with Crippen molar-refractivity contribution in [1.29, 1.82) is 0 Å². The number of aromatic nitrogens is 5. The maximum Gasteiger partial charge on any atom is 0.235 e. The highest BCUT2D eigenvalue weighted by molar-refractivity contribution is 7.15. The number of hydrogen-bond acceptors (Lipinski definition) is 4. The third-order valence-corrected chi connectivity index (χ3v) is 10.3. The lowest BCUT2D eigenvalue weighted by molar-refractivity contribution is 1.01. The fourth-order valence-electron chi connectivity index (χ4n) is 7.10. The van der Waals surface area contributed by atoms with Gasteiger partial charge in [0.2, 0.25) is 5.95 Å². The third kappa shape index (κ3) is 4.05. The molecule has 4 heterocycles. The van der Waals surface area contributed by atoms with Crippen molar-refractivity contribution in [1.82, 2.24) is 23.9 Å². The van der Waals surface area contributed by atoms with Crippen LogP contribution in [0.5, 0.6) is 0 Å². The highest BCUT2D eigenvalue weighted by Gasteiger charge is 2.22. The van der Waals surface area contributed by atoms with E-state index in [1.54, 1.807) is 11.3 Å². The predicted molar refractivity (Wildman–Crippen MR) is 194 cm³/mol. The quantitative estimate of drug-likeness (QED) is 0.197. The summed E-state index contributed by atoms with van der Waals surface area (Å²) in [5, 5.41) is 4.60. The van der Waals surface area contributed by atoms with E-state index in [2.05, 4.69) is 136 Å². The maximum absolute atomic E-state index is 5.31. The highest BCUT2D eigenvalue weighted by Crippen LogP contribution is 2.38. The number of imidazole rings is 1. The minimum atomic E-state index is 0.660. The van der Waals surface area contributed by atoms with Gasteiger partial charge in [-0.1, -0.05) is 127 Å². The maximum atomic E-state index is 5.31. The molecule has 0 atom stereocenters. The molecule has 6 heteroatoms. The Labute approximate surface area is 274 Å². The summed E-state index contributed by atoms with van der Waals surface area (Å²) in [4.78, 5) is 16.7. The second-order valence-corrected chi connectivity index (χ2v) is 13.0. The first kappa shape index (κ1) is 26.4. The van der Waals surface area contributed by atoms with E-state index in [0.29, 0.717) is 5.95 Å². The van der Waals surface area contributed by atoms with Crippen molar-refractivity contribution in [2.75, 3.05) is 0 Å². The summed E-state index contributed by atoms with van der Waals surface area (Å²) in [5.41, 5.74) is 9.44. The average molecular weight is 622 g/mol. The number of para-hydroxylation sites is 2. The fourth-order valence-corrected chi connectivity index (χ4v) is 8.20. The number of benzene rings is 5. The molecule has 0 bridgehead atoms. The molecule has 0 N–H and O–H groups in total. The van der Waals surface area contributed by atoms with Gasteiger partial charge in [0, 0.05) is 32.8 Å². The van der Waals surface area contributed by atoms with Crippen molar-refractivity contribution in [3.05, 3.63) is 137 Å². The van der Waals surface area contributed by atoms with Gasteiger partial charge in [0.25, 0.3) is 0 Å². The molecule has 5 aromatic carbocycles. The Balaban J connectivity index is 1.24. The third-order valence-electron chi connectivity index (χ3n) is 9.21. The molecule has 222 valence electrons. The highest BCUT2D eigenvalue weighted by atomic mass is 32.1. The molecule has 0 fully saturated rings. The first-order valence-corrected chi connectivity index (χ1v) is 16.8. The number of hydrogen-bond donors (Lipinski definition) is 0. The first-order valence-electron chi connectivity index (χ1n) is 15.9. The van der Waals surface area contributed by atoms with Crippen LogP contribution in [0.25, 0.3) is 89.5 Å². The lowest BCUT2D eigenvalue weighted by Gasteiger charge is -2.12. The smallest absolute Gasteiger partial charge is 0.235 e. The summed E-state index contributed by atoms with van der Waals surface area (Å²) in [5.74, 6) is 0.660. The molecule has 0 saturated carbocycles. The summed E-state index contributed by atoms with van der Waals surface area (Å²) >= 11 is 1.78. The van der Waals surface area contributed by atoms with Crippen LogP contribution in [0.15, 0.2) is 127 Å². The van der Waals surface area contributed by atoms with Gasteiger partial charge < -0.3 is 0 Å². The van der Waals surface area contributed by atoms with Gasteiger partial charge in [-0.2, -0.15) is 0 Å². The van der Waals surface area contributed by atoms with Crippen LogP contribution in [0.3, 0.4) is 0 Å². The van der Waals surface area contributed by atoms with E-state index in [-0.39, 0.29) is 0 Å². The van der Waals surface area contributed by atoms with Crippen molar-refractivity contribution in [3.8, 4) is 39.7 Å². The molecule has 0 amide bonds. The molecule has 1 aliphatic rings. The van der Waals surface area contributed by atoms with Gasteiger partial charge in [0.15, 0.2) is 4.96 Å². The summed E-state index contributed by atoms with van der Waals surface area (Å²) in [7, 11) is 0. The van der Waals surface area contributed by atoms with E-state index < -0.39 is 0 Å². The Hall–Kier alpha value is -5.85. The van der Waals surface area contributed by atoms with E-state index in [9.17, 15) is 0 Å². The fraction of sp³-hybridized carbons (Fsp3) is 0.0488. The molecule has 9 aromatic rings. The van der Waals surface area contributed by atoms with Gasteiger partial charge in [-0.25, -0.2) is 15.0 Å². The van der Waals surface area contributed by atoms with Gasteiger partial charge in [-0.15, -0.1) is 0 Å². The monoisotopic (exact) mass is 621 g/mol. The molecule has 1 aliphatic carbocycles. The summed E-state index contributed by atoms with van der Waals surface area (Å²) in [6.45, 7) is 0. The zero-order valence-electron chi connectivity index (χ0n) is 25.3. The lowest BCUT2D eigenvalue weighted by atomic mass is 10.0. The molecule has 4 aromatic heterocycles. The summed E-state index contributed by atoms with van der Waals surface area (Å²) in [6.07, 6.45) is 6.84. The standard InChI is InChI=1S/C41H27N5S/c1-3-13-26(14-4-1)37-30-18-7-9-19-32(30)42-40(43-37)45-33-20-10-8-17-29(33)31-25-28(23-24-34(31)45)38-39(27-15-5-2-6-16-27)46-35-21-11-12-22-36(35)47-41(46)44-38/h1-10,13-25H,11-12H2. The zero-order chi connectivity index (χ0) is 30.9. The number of thiazole rings is 1. The van der Waals surface area contributed by atoms with E-state index >= 15 is 0 Å². The van der Waals surface area contributed by atoms with Crippen molar-refractivity contribution >= 4 is 61.2 Å². The Morgan fingerprint density at radius 3 is 2.09 bits per heavy atom. The SMILES string of the molecule is C1=c2sc3nc(-c4ccc5c(c4)c4ccccc4n5-c4nc(-c5ccccc5)c5ccccc5n4)c(-c4ccccc4)n3c2=CCC1. The van der Waals surface area contributed by atoms with E-state index in [1.165, 1.54) is 9.88 Å². The molecule has 0 saturated heterocycles. The number of fused-ring (bicyclic) bond motifs is 7. The van der Waals surface area contributed by atoms with Gasteiger partial charge in [-0.05, 0) is 37.1 Å². The van der Waals surface area contributed by atoms with Crippen LogP contribution in [0.4, 0.5) is 0 Å². The average Bonchev–Trinajstić information content (AvgIpc) is 3.80. The second-order valence-electron chi connectivity index (χ2n) is 12.0. The molecule has 5 nitrogen and oxygen atoms in total. The lowest BCUT2D eigenvalue weighted by Crippen LogP contribution is -2.26. The normalized spacial score (nSPS) is 12.9. The van der Waals surface area contributed by atoms with Crippen LogP contribution in [0.1, 0.15) is 12.8 Å². The minimum Gasteiger partial charge on any atom is -0.283 e. The van der Waals surface area contributed by atoms with Crippen molar-refractivity contribution < 1.29 is 0 Å².